The molecule has 1 unspecified atom stereocenters. The molecule has 1 aromatic carbocycles. The van der Waals surface area contributed by atoms with Crippen LogP contribution in [0.2, 0.25) is 5.02 Å². The monoisotopic (exact) mass is 328 g/mol. The van der Waals surface area contributed by atoms with Crippen LogP contribution >= 0.6 is 27.5 Å². The van der Waals surface area contributed by atoms with Gasteiger partial charge in [-0.1, -0.05) is 17.7 Å². The van der Waals surface area contributed by atoms with Crippen molar-refractivity contribution in [3.63, 3.8) is 0 Å². The van der Waals surface area contributed by atoms with Crippen LogP contribution in [0, 0.1) is 0 Å². The van der Waals surface area contributed by atoms with Crippen molar-refractivity contribution in [3.05, 3.63) is 27.7 Å². The van der Waals surface area contributed by atoms with Gasteiger partial charge in [-0.15, -0.1) is 0 Å². The standard InChI is InChI=1S/C14H18BrClN2/c15-14-12(16)4-1-5-13(14)18-8-2-3-11(9-18)17-10-6-7-10/h1,4-5,10-11,17H,2-3,6-9H2. The highest BCUT2D eigenvalue weighted by molar-refractivity contribution is 9.10. The molecule has 0 spiro atoms. The van der Waals surface area contributed by atoms with E-state index in [2.05, 4.69) is 32.2 Å². The first-order chi connectivity index (χ1) is 8.74. The maximum atomic E-state index is 6.17. The SMILES string of the molecule is Clc1cccc(N2CCCC(NC3CC3)C2)c1Br. The van der Waals surface area contributed by atoms with Crippen molar-refractivity contribution in [3.8, 4) is 0 Å². The third-order valence-electron chi connectivity index (χ3n) is 3.74. The highest BCUT2D eigenvalue weighted by atomic mass is 79.9. The first-order valence-electron chi connectivity index (χ1n) is 6.69. The molecule has 1 aromatic rings. The minimum absolute atomic E-state index is 0.636. The third-order valence-corrected chi connectivity index (χ3v) is 5.12. The smallest absolute Gasteiger partial charge is 0.0595 e. The molecule has 98 valence electrons. The van der Waals surface area contributed by atoms with Gasteiger partial charge in [0.05, 0.1) is 15.2 Å². The molecule has 1 N–H and O–H groups in total. The lowest BCUT2D eigenvalue weighted by Crippen LogP contribution is -2.46. The average molecular weight is 330 g/mol. The summed E-state index contributed by atoms with van der Waals surface area (Å²) < 4.78 is 1.03. The summed E-state index contributed by atoms with van der Waals surface area (Å²) in [5.41, 5.74) is 1.23. The van der Waals surface area contributed by atoms with E-state index in [-0.39, 0.29) is 0 Å². The molecule has 2 fully saturated rings. The molecular weight excluding hydrogens is 312 g/mol. The maximum Gasteiger partial charge on any atom is 0.0595 e. The highest BCUT2D eigenvalue weighted by Crippen LogP contribution is 2.34. The molecule has 1 atom stereocenters. The fourth-order valence-corrected chi connectivity index (χ4v) is 3.34. The maximum absolute atomic E-state index is 6.17. The molecule has 4 heteroatoms. The van der Waals surface area contributed by atoms with Gasteiger partial charge in [-0.05, 0) is 53.7 Å². The summed E-state index contributed by atoms with van der Waals surface area (Å²) in [4.78, 5) is 2.44. The molecule has 2 nitrogen and oxygen atoms in total. The van der Waals surface area contributed by atoms with Crippen molar-refractivity contribution in [2.24, 2.45) is 0 Å². The van der Waals surface area contributed by atoms with Crippen LogP contribution in [0.1, 0.15) is 25.7 Å². The molecule has 1 aliphatic heterocycles. The van der Waals surface area contributed by atoms with Crippen LogP contribution < -0.4 is 10.2 Å². The second-order valence-electron chi connectivity index (χ2n) is 5.30. The Morgan fingerprint density at radius 1 is 1.22 bits per heavy atom. The van der Waals surface area contributed by atoms with Crippen LogP contribution in [-0.4, -0.2) is 25.2 Å². The lowest BCUT2D eigenvalue weighted by Gasteiger charge is -2.35. The molecule has 0 aromatic heterocycles. The average Bonchev–Trinajstić information content (AvgIpc) is 3.17. The zero-order valence-electron chi connectivity index (χ0n) is 10.3. The number of halogens is 2. The zero-order valence-corrected chi connectivity index (χ0v) is 12.7. The molecule has 1 aliphatic carbocycles. The van der Waals surface area contributed by atoms with Gasteiger partial charge in [0.25, 0.3) is 0 Å². The molecule has 18 heavy (non-hydrogen) atoms. The van der Waals surface area contributed by atoms with Crippen molar-refractivity contribution in [1.82, 2.24) is 5.32 Å². The zero-order chi connectivity index (χ0) is 12.5. The van der Waals surface area contributed by atoms with Crippen LogP contribution in [0.25, 0.3) is 0 Å². The van der Waals surface area contributed by atoms with Crippen molar-refractivity contribution < 1.29 is 0 Å². The van der Waals surface area contributed by atoms with Gasteiger partial charge in [0.15, 0.2) is 0 Å². The first kappa shape index (κ1) is 12.8. The van der Waals surface area contributed by atoms with Gasteiger partial charge in [-0.2, -0.15) is 0 Å². The van der Waals surface area contributed by atoms with Crippen LogP contribution in [0.4, 0.5) is 5.69 Å². The molecule has 0 bridgehead atoms. The molecular formula is C14H18BrClN2. The van der Waals surface area contributed by atoms with Gasteiger partial charge in [0.2, 0.25) is 0 Å². The van der Waals surface area contributed by atoms with Gasteiger partial charge < -0.3 is 10.2 Å². The predicted octanol–water partition coefficient (Wildman–Crippen LogP) is 3.82. The summed E-state index contributed by atoms with van der Waals surface area (Å²) in [7, 11) is 0. The van der Waals surface area contributed by atoms with Crippen molar-refractivity contribution in [2.75, 3.05) is 18.0 Å². The Balaban J connectivity index is 1.72. The number of rotatable bonds is 3. The number of benzene rings is 1. The molecule has 1 saturated heterocycles. The molecule has 1 saturated carbocycles. The van der Waals surface area contributed by atoms with Crippen LogP contribution in [0.5, 0.6) is 0 Å². The van der Waals surface area contributed by atoms with Gasteiger partial charge in [0, 0.05) is 25.2 Å². The Morgan fingerprint density at radius 3 is 2.83 bits per heavy atom. The lowest BCUT2D eigenvalue weighted by atomic mass is 10.0. The topological polar surface area (TPSA) is 15.3 Å². The summed E-state index contributed by atoms with van der Waals surface area (Å²) in [5, 5.41) is 4.53. The number of piperidine rings is 1. The molecule has 0 radical (unpaired) electrons. The van der Waals surface area contributed by atoms with E-state index in [0.29, 0.717) is 6.04 Å². The largest absolute Gasteiger partial charge is 0.369 e. The first-order valence-corrected chi connectivity index (χ1v) is 7.86. The van der Waals surface area contributed by atoms with E-state index in [1.807, 2.05) is 12.1 Å². The Labute approximate surface area is 122 Å². The molecule has 0 amide bonds. The highest BCUT2D eigenvalue weighted by Gasteiger charge is 2.28. The van der Waals surface area contributed by atoms with Crippen molar-refractivity contribution >= 4 is 33.2 Å². The Morgan fingerprint density at radius 2 is 2.06 bits per heavy atom. The van der Waals surface area contributed by atoms with E-state index in [1.54, 1.807) is 0 Å². The van der Waals surface area contributed by atoms with E-state index >= 15 is 0 Å². The number of hydrogen-bond acceptors (Lipinski definition) is 2. The quantitative estimate of drug-likeness (QED) is 0.907. The van der Waals surface area contributed by atoms with E-state index in [0.717, 1.165) is 28.6 Å². The molecule has 1 heterocycles. The molecule has 3 rings (SSSR count). The van der Waals surface area contributed by atoms with Crippen LogP contribution in [-0.2, 0) is 0 Å². The van der Waals surface area contributed by atoms with Crippen molar-refractivity contribution in [2.45, 2.75) is 37.8 Å². The Bertz CT molecular complexity index is 434. The number of nitrogens with one attached hydrogen (secondary N) is 1. The summed E-state index contributed by atoms with van der Waals surface area (Å²) in [6.07, 6.45) is 5.27. The summed E-state index contributed by atoms with van der Waals surface area (Å²) in [6, 6.07) is 7.53. The van der Waals surface area contributed by atoms with E-state index in [4.69, 9.17) is 11.6 Å². The van der Waals surface area contributed by atoms with E-state index < -0.39 is 0 Å². The lowest BCUT2D eigenvalue weighted by molar-refractivity contribution is 0.420. The predicted molar refractivity (Wildman–Crippen MR) is 80.5 cm³/mol. The van der Waals surface area contributed by atoms with Gasteiger partial charge in [-0.25, -0.2) is 0 Å². The van der Waals surface area contributed by atoms with Gasteiger partial charge >= 0.3 is 0 Å². The van der Waals surface area contributed by atoms with Crippen LogP contribution in [0.15, 0.2) is 22.7 Å². The van der Waals surface area contributed by atoms with E-state index in [9.17, 15) is 0 Å². The minimum atomic E-state index is 0.636. The number of hydrogen-bond donors (Lipinski definition) is 1. The number of anilines is 1. The fourth-order valence-electron chi connectivity index (χ4n) is 2.65. The number of nitrogens with zero attached hydrogens (tertiary/aromatic N) is 1. The van der Waals surface area contributed by atoms with Gasteiger partial charge in [-0.3, -0.25) is 0 Å². The minimum Gasteiger partial charge on any atom is -0.369 e. The van der Waals surface area contributed by atoms with Crippen LogP contribution in [0.3, 0.4) is 0 Å². The van der Waals surface area contributed by atoms with Gasteiger partial charge in [0.1, 0.15) is 0 Å². The Kier molecular flexibility index (Phi) is 3.83. The third kappa shape index (κ3) is 2.84. The Hall–Kier alpha value is -0.250. The van der Waals surface area contributed by atoms with Crippen molar-refractivity contribution in [1.29, 1.82) is 0 Å². The summed E-state index contributed by atoms with van der Waals surface area (Å²) in [6.45, 7) is 2.22. The molecule has 2 aliphatic rings. The normalized spacial score (nSPS) is 24.3. The fraction of sp³-hybridized carbons (Fsp3) is 0.571. The second kappa shape index (κ2) is 5.40. The summed E-state index contributed by atoms with van der Waals surface area (Å²) in [5.74, 6) is 0. The van der Waals surface area contributed by atoms with E-state index in [1.165, 1.54) is 31.4 Å². The second-order valence-corrected chi connectivity index (χ2v) is 6.50. The summed E-state index contributed by atoms with van der Waals surface area (Å²) >= 11 is 9.78.